The first-order valence-electron chi connectivity index (χ1n) is 4.54. The molecule has 1 aromatic rings. The predicted molar refractivity (Wildman–Crippen MR) is 50.4 cm³/mol. The molecule has 0 spiro atoms. The van der Waals surface area contributed by atoms with Gasteiger partial charge in [-0.15, -0.1) is 0 Å². The third-order valence-electron chi connectivity index (χ3n) is 1.74. The van der Waals surface area contributed by atoms with Crippen molar-refractivity contribution in [3.8, 4) is 5.88 Å². The van der Waals surface area contributed by atoms with Gasteiger partial charge in [0.25, 0.3) is 6.43 Å². The number of halogens is 2. The molecule has 0 aliphatic carbocycles. The van der Waals surface area contributed by atoms with Gasteiger partial charge in [-0.25, -0.2) is 13.8 Å². The Kier molecular flexibility index (Phi) is 4.15. The highest BCUT2D eigenvalue weighted by Crippen LogP contribution is 2.16. The Balaban J connectivity index is 2.81. The van der Waals surface area contributed by atoms with Gasteiger partial charge in [0.1, 0.15) is 0 Å². The second-order valence-corrected chi connectivity index (χ2v) is 2.83. The zero-order chi connectivity index (χ0) is 11.3. The Morgan fingerprint density at radius 3 is 2.93 bits per heavy atom. The third kappa shape index (κ3) is 3.27. The van der Waals surface area contributed by atoms with E-state index in [1.165, 1.54) is 12.3 Å². The minimum Gasteiger partial charge on any atom is -0.471 e. The summed E-state index contributed by atoms with van der Waals surface area (Å²) in [6, 6.07) is 3.08. The van der Waals surface area contributed by atoms with Gasteiger partial charge in [-0.05, 0) is 12.1 Å². The molecule has 0 unspecified atom stereocenters. The van der Waals surface area contributed by atoms with Crippen molar-refractivity contribution in [3.05, 3.63) is 23.9 Å². The number of nitrogens with zero attached hydrogens (tertiary/aromatic N) is 1. The summed E-state index contributed by atoms with van der Waals surface area (Å²) in [5.74, 6) is -0.197. The van der Waals surface area contributed by atoms with Gasteiger partial charge in [0.05, 0.1) is 5.56 Å². The van der Waals surface area contributed by atoms with Crippen LogP contribution in [0.25, 0.3) is 0 Å². The summed E-state index contributed by atoms with van der Waals surface area (Å²) >= 11 is 0. The van der Waals surface area contributed by atoms with E-state index in [2.05, 4.69) is 4.98 Å². The lowest BCUT2D eigenvalue weighted by molar-refractivity contribution is 0.0777. The molecule has 0 aliphatic rings. The zero-order valence-corrected chi connectivity index (χ0v) is 8.24. The van der Waals surface area contributed by atoms with Crippen molar-refractivity contribution >= 4 is 5.78 Å². The Morgan fingerprint density at radius 2 is 2.33 bits per heavy atom. The van der Waals surface area contributed by atoms with Crippen LogP contribution in [-0.2, 0) is 0 Å². The van der Waals surface area contributed by atoms with E-state index in [-0.39, 0.29) is 23.6 Å². The monoisotopic (exact) mass is 215 g/mol. The third-order valence-corrected chi connectivity index (χ3v) is 1.74. The standard InChI is InChI=1S/C10H11F2NO2/c1-2-8(14)7-4-3-5-13-10(7)15-6-9(11)12/h3-5,9H,2,6H2,1H3. The Bertz CT molecular complexity index is 342. The largest absolute Gasteiger partial charge is 0.471 e. The van der Waals surface area contributed by atoms with Crippen LogP contribution in [0.3, 0.4) is 0 Å². The second-order valence-electron chi connectivity index (χ2n) is 2.83. The van der Waals surface area contributed by atoms with E-state index in [4.69, 9.17) is 4.74 Å². The molecule has 0 saturated heterocycles. The van der Waals surface area contributed by atoms with Crippen LogP contribution in [0.5, 0.6) is 5.88 Å². The van der Waals surface area contributed by atoms with E-state index >= 15 is 0 Å². The molecule has 0 aliphatic heterocycles. The number of alkyl halides is 2. The van der Waals surface area contributed by atoms with Gasteiger partial charge >= 0.3 is 0 Å². The van der Waals surface area contributed by atoms with E-state index in [0.717, 1.165) is 0 Å². The van der Waals surface area contributed by atoms with Crippen molar-refractivity contribution in [1.82, 2.24) is 4.98 Å². The molecule has 3 nitrogen and oxygen atoms in total. The number of hydrogen-bond donors (Lipinski definition) is 0. The van der Waals surface area contributed by atoms with Crippen molar-refractivity contribution in [1.29, 1.82) is 0 Å². The van der Waals surface area contributed by atoms with Crippen LogP contribution in [0.15, 0.2) is 18.3 Å². The molecular formula is C10H11F2NO2. The molecule has 0 aromatic carbocycles. The molecule has 1 heterocycles. The smallest absolute Gasteiger partial charge is 0.272 e. The number of carbonyl (C=O) groups is 1. The van der Waals surface area contributed by atoms with Crippen LogP contribution < -0.4 is 4.74 Å². The molecule has 0 saturated carbocycles. The molecule has 15 heavy (non-hydrogen) atoms. The number of ketones is 1. The molecule has 0 fully saturated rings. The Hall–Kier alpha value is -1.52. The fourth-order valence-corrected chi connectivity index (χ4v) is 1.05. The molecule has 82 valence electrons. The number of hydrogen-bond acceptors (Lipinski definition) is 3. The topological polar surface area (TPSA) is 39.2 Å². The first-order chi connectivity index (χ1) is 7.15. The van der Waals surface area contributed by atoms with Crippen molar-refractivity contribution in [2.75, 3.05) is 6.61 Å². The first kappa shape index (κ1) is 11.6. The first-order valence-corrected chi connectivity index (χ1v) is 4.54. The highest BCUT2D eigenvalue weighted by Gasteiger charge is 2.13. The van der Waals surface area contributed by atoms with Crippen molar-refractivity contribution in [2.24, 2.45) is 0 Å². The van der Waals surface area contributed by atoms with Gasteiger partial charge in [0, 0.05) is 12.6 Å². The maximum absolute atomic E-state index is 11.9. The van der Waals surface area contributed by atoms with Crippen molar-refractivity contribution in [3.63, 3.8) is 0 Å². The van der Waals surface area contributed by atoms with Gasteiger partial charge in [-0.1, -0.05) is 6.92 Å². The summed E-state index contributed by atoms with van der Waals surface area (Å²) in [5.41, 5.74) is 0.251. The fourth-order valence-electron chi connectivity index (χ4n) is 1.05. The van der Waals surface area contributed by atoms with Crippen LogP contribution in [0.1, 0.15) is 23.7 Å². The van der Waals surface area contributed by atoms with E-state index < -0.39 is 13.0 Å². The zero-order valence-electron chi connectivity index (χ0n) is 8.24. The van der Waals surface area contributed by atoms with E-state index in [9.17, 15) is 13.6 Å². The number of carbonyl (C=O) groups excluding carboxylic acids is 1. The van der Waals surface area contributed by atoms with Crippen LogP contribution in [0.4, 0.5) is 8.78 Å². The van der Waals surface area contributed by atoms with Crippen LogP contribution in [0, 0.1) is 0 Å². The van der Waals surface area contributed by atoms with E-state index in [1.807, 2.05) is 0 Å². The Morgan fingerprint density at radius 1 is 1.60 bits per heavy atom. The maximum Gasteiger partial charge on any atom is 0.272 e. The van der Waals surface area contributed by atoms with Crippen LogP contribution in [0.2, 0.25) is 0 Å². The van der Waals surface area contributed by atoms with Gasteiger partial charge in [-0.3, -0.25) is 4.79 Å². The van der Waals surface area contributed by atoms with Gasteiger partial charge < -0.3 is 4.74 Å². The quantitative estimate of drug-likeness (QED) is 0.707. The number of Topliss-reactive ketones (excluding diaryl/α,β-unsaturated/α-hetero) is 1. The fraction of sp³-hybridized carbons (Fsp3) is 0.400. The highest BCUT2D eigenvalue weighted by atomic mass is 19.3. The van der Waals surface area contributed by atoms with E-state index in [1.54, 1.807) is 13.0 Å². The van der Waals surface area contributed by atoms with Crippen LogP contribution >= 0.6 is 0 Å². The summed E-state index contributed by atoms with van der Waals surface area (Å²) in [6.45, 7) is 0.938. The molecule has 0 N–H and O–H groups in total. The second kappa shape index (κ2) is 5.38. The SMILES string of the molecule is CCC(=O)c1cccnc1OCC(F)F. The Labute approximate surface area is 86.1 Å². The minimum absolute atomic E-state index is 0.0235. The summed E-state index contributed by atoms with van der Waals surface area (Å²) in [6.07, 6.45) is -0.888. The average molecular weight is 215 g/mol. The summed E-state index contributed by atoms with van der Waals surface area (Å²) in [4.78, 5) is 15.1. The van der Waals surface area contributed by atoms with E-state index in [0.29, 0.717) is 0 Å². The number of aromatic nitrogens is 1. The minimum atomic E-state index is -2.57. The summed E-state index contributed by atoms with van der Waals surface area (Å²) in [5, 5.41) is 0. The lowest BCUT2D eigenvalue weighted by Gasteiger charge is -2.07. The van der Waals surface area contributed by atoms with Gasteiger partial charge in [-0.2, -0.15) is 0 Å². The predicted octanol–water partition coefficient (Wildman–Crippen LogP) is 2.32. The molecule has 5 heteroatoms. The summed E-state index contributed by atoms with van der Waals surface area (Å²) < 4.78 is 28.5. The van der Waals surface area contributed by atoms with Gasteiger partial charge in [0.15, 0.2) is 12.4 Å². The molecule has 0 radical (unpaired) electrons. The van der Waals surface area contributed by atoms with Crippen molar-refractivity contribution < 1.29 is 18.3 Å². The molecular weight excluding hydrogens is 204 g/mol. The number of pyridine rings is 1. The molecule has 0 atom stereocenters. The lowest BCUT2D eigenvalue weighted by atomic mass is 10.1. The molecule has 0 bridgehead atoms. The average Bonchev–Trinajstić information content (AvgIpc) is 2.25. The molecule has 1 aromatic heterocycles. The normalized spacial score (nSPS) is 10.4. The molecule has 1 rings (SSSR count). The van der Waals surface area contributed by atoms with Crippen LogP contribution in [-0.4, -0.2) is 23.8 Å². The lowest BCUT2D eigenvalue weighted by Crippen LogP contribution is -2.11. The highest BCUT2D eigenvalue weighted by molar-refractivity contribution is 5.97. The molecule has 0 amide bonds. The number of rotatable bonds is 5. The van der Waals surface area contributed by atoms with Gasteiger partial charge in [0.2, 0.25) is 5.88 Å². The van der Waals surface area contributed by atoms with Crippen molar-refractivity contribution in [2.45, 2.75) is 19.8 Å². The maximum atomic E-state index is 11.9. The number of ether oxygens (including phenoxy) is 1. The summed E-state index contributed by atoms with van der Waals surface area (Å²) in [7, 11) is 0.